The van der Waals surface area contributed by atoms with Gasteiger partial charge in [0.2, 0.25) is 12.7 Å². The summed E-state index contributed by atoms with van der Waals surface area (Å²) in [5, 5.41) is 5.16. The van der Waals surface area contributed by atoms with Crippen LogP contribution in [0.5, 0.6) is 11.5 Å². The van der Waals surface area contributed by atoms with E-state index >= 15 is 0 Å². The molecule has 0 saturated carbocycles. The van der Waals surface area contributed by atoms with Crippen molar-refractivity contribution < 1.29 is 18.7 Å². The van der Waals surface area contributed by atoms with Crippen LogP contribution in [0.1, 0.15) is 5.56 Å². The molecule has 2 aromatic carbocycles. The molecule has 0 bridgehead atoms. The Morgan fingerprint density at radius 1 is 1.21 bits per heavy atom. The molecule has 144 valence electrons. The maximum atomic E-state index is 13.0. The highest BCUT2D eigenvalue weighted by molar-refractivity contribution is 7.14. The number of likely N-dealkylation sites (N-methyl/N-ethyl adjacent to an activating group) is 1. The van der Waals surface area contributed by atoms with Crippen LogP contribution in [0.15, 0.2) is 47.8 Å². The number of ether oxygens (including phenoxy) is 2. The number of carbonyl (C=O) groups excluding carboxylic acids is 1. The summed E-state index contributed by atoms with van der Waals surface area (Å²) in [4.78, 5) is 18.6. The SMILES string of the molecule is CN(CC(=O)Nc1nc(-c2ccc(F)cc2)cs1)Cc1ccc2c(c1)OCO2. The Balaban J connectivity index is 1.32. The van der Waals surface area contributed by atoms with E-state index in [1.54, 1.807) is 12.1 Å². The molecule has 0 atom stereocenters. The first-order valence-electron chi connectivity index (χ1n) is 8.65. The van der Waals surface area contributed by atoms with Gasteiger partial charge in [0.1, 0.15) is 5.82 Å². The van der Waals surface area contributed by atoms with E-state index in [0.717, 1.165) is 22.6 Å². The monoisotopic (exact) mass is 399 g/mol. The number of halogens is 1. The molecule has 0 radical (unpaired) electrons. The van der Waals surface area contributed by atoms with Crippen molar-refractivity contribution in [2.24, 2.45) is 0 Å². The zero-order valence-electron chi connectivity index (χ0n) is 15.1. The lowest BCUT2D eigenvalue weighted by molar-refractivity contribution is -0.117. The number of fused-ring (bicyclic) bond motifs is 1. The Labute approximate surface area is 165 Å². The first kappa shape index (κ1) is 18.4. The summed E-state index contributed by atoms with van der Waals surface area (Å²) in [5.41, 5.74) is 2.54. The van der Waals surface area contributed by atoms with Gasteiger partial charge in [-0.3, -0.25) is 9.69 Å². The molecule has 4 rings (SSSR count). The molecular formula is C20H18FN3O3S. The van der Waals surface area contributed by atoms with Crippen LogP contribution in [0.2, 0.25) is 0 Å². The smallest absolute Gasteiger partial charge is 0.240 e. The number of anilines is 1. The fourth-order valence-corrected chi connectivity index (χ4v) is 3.63. The highest BCUT2D eigenvalue weighted by Crippen LogP contribution is 2.32. The van der Waals surface area contributed by atoms with Gasteiger partial charge in [-0.15, -0.1) is 11.3 Å². The molecule has 1 aliphatic heterocycles. The van der Waals surface area contributed by atoms with Crippen molar-refractivity contribution in [2.45, 2.75) is 6.54 Å². The largest absolute Gasteiger partial charge is 0.454 e. The van der Waals surface area contributed by atoms with E-state index in [4.69, 9.17) is 9.47 Å². The van der Waals surface area contributed by atoms with E-state index in [1.807, 2.05) is 35.5 Å². The van der Waals surface area contributed by atoms with Crippen molar-refractivity contribution in [3.63, 3.8) is 0 Å². The lowest BCUT2D eigenvalue weighted by Crippen LogP contribution is -2.29. The average Bonchev–Trinajstić information content (AvgIpc) is 3.31. The molecule has 0 aliphatic carbocycles. The first-order chi connectivity index (χ1) is 13.6. The maximum Gasteiger partial charge on any atom is 0.240 e. The highest BCUT2D eigenvalue weighted by Gasteiger charge is 2.15. The van der Waals surface area contributed by atoms with Gasteiger partial charge in [0.25, 0.3) is 0 Å². The van der Waals surface area contributed by atoms with E-state index < -0.39 is 0 Å². The third-order valence-electron chi connectivity index (χ3n) is 4.19. The molecule has 1 aromatic heterocycles. The van der Waals surface area contributed by atoms with Gasteiger partial charge >= 0.3 is 0 Å². The van der Waals surface area contributed by atoms with Crippen molar-refractivity contribution >= 4 is 22.4 Å². The summed E-state index contributed by atoms with van der Waals surface area (Å²) in [6, 6.07) is 11.8. The minimum absolute atomic E-state index is 0.150. The number of nitrogens with one attached hydrogen (secondary N) is 1. The number of rotatable bonds is 6. The maximum absolute atomic E-state index is 13.0. The van der Waals surface area contributed by atoms with Crippen LogP contribution in [-0.2, 0) is 11.3 Å². The normalized spacial score (nSPS) is 12.4. The molecule has 3 aromatic rings. The van der Waals surface area contributed by atoms with Crippen LogP contribution < -0.4 is 14.8 Å². The Hall–Kier alpha value is -2.97. The number of carbonyl (C=O) groups is 1. The van der Waals surface area contributed by atoms with Crippen LogP contribution in [0.25, 0.3) is 11.3 Å². The summed E-state index contributed by atoms with van der Waals surface area (Å²) in [6.45, 7) is 1.06. The van der Waals surface area contributed by atoms with Gasteiger partial charge in [0, 0.05) is 17.5 Å². The van der Waals surface area contributed by atoms with Crippen molar-refractivity contribution in [1.82, 2.24) is 9.88 Å². The number of benzene rings is 2. The van der Waals surface area contributed by atoms with Gasteiger partial charge in [-0.25, -0.2) is 9.37 Å². The van der Waals surface area contributed by atoms with Gasteiger partial charge in [0.05, 0.1) is 12.2 Å². The van der Waals surface area contributed by atoms with Gasteiger partial charge in [-0.1, -0.05) is 6.07 Å². The minimum Gasteiger partial charge on any atom is -0.454 e. The van der Waals surface area contributed by atoms with E-state index in [0.29, 0.717) is 17.4 Å². The van der Waals surface area contributed by atoms with Crippen LogP contribution in [0, 0.1) is 5.82 Å². The summed E-state index contributed by atoms with van der Waals surface area (Å²) in [7, 11) is 1.87. The van der Waals surface area contributed by atoms with Crippen molar-refractivity contribution in [1.29, 1.82) is 0 Å². The van der Waals surface area contributed by atoms with Gasteiger partial charge in [0.15, 0.2) is 16.6 Å². The average molecular weight is 399 g/mol. The molecule has 2 heterocycles. The number of hydrogen-bond acceptors (Lipinski definition) is 6. The van der Waals surface area contributed by atoms with Crippen LogP contribution in [-0.4, -0.2) is 36.2 Å². The van der Waals surface area contributed by atoms with Crippen molar-refractivity contribution in [2.75, 3.05) is 25.7 Å². The third-order valence-corrected chi connectivity index (χ3v) is 4.95. The predicted molar refractivity (Wildman–Crippen MR) is 105 cm³/mol. The zero-order chi connectivity index (χ0) is 19.5. The highest BCUT2D eigenvalue weighted by atomic mass is 32.1. The molecule has 1 aliphatic rings. The second-order valence-electron chi connectivity index (χ2n) is 6.45. The van der Waals surface area contributed by atoms with Crippen LogP contribution in [0.4, 0.5) is 9.52 Å². The lowest BCUT2D eigenvalue weighted by Gasteiger charge is -2.16. The lowest BCUT2D eigenvalue weighted by atomic mass is 10.2. The first-order valence-corrected chi connectivity index (χ1v) is 9.53. The number of aromatic nitrogens is 1. The Morgan fingerprint density at radius 3 is 2.82 bits per heavy atom. The Kier molecular flexibility index (Phi) is 5.23. The molecule has 8 heteroatoms. The minimum atomic E-state index is -0.294. The Morgan fingerprint density at radius 2 is 2.00 bits per heavy atom. The van der Waals surface area contributed by atoms with Crippen LogP contribution >= 0.6 is 11.3 Å². The predicted octanol–water partition coefficient (Wildman–Crippen LogP) is 3.75. The van der Waals surface area contributed by atoms with E-state index in [1.165, 1.54) is 23.5 Å². The Bertz CT molecular complexity index is 991. The molecule has 1 amide bonds. The molecule has 28 heavy (non-hydrogen) atoms. The number of thiazole rings is 1. The van der Waals surface area contributed by atoms with Gasteiger partial charge in [-0.05, 0) is 49.0 Å². The summed E-state index contributed by atoms with van der Waals surface area (Å²) < 4.78 is 23.7. The standard InChI is InChI=1S/C20H18FN3O3S/c1-24(9-13-2-7-17-18(8-13)27-12-26-17)10-19(25)23-20-22-16(11-28-20)14-3-5-15(21)6-4-14/h2-8,11H,9-10,12H2,1H3,(H,22,23,25). The fourth-order valence-electron chi connectivity index (χ4n) is 2.90. The second kappa shape index (κ2) is 7.95. The molecular weight excluding hydrogens is 381 g/mol. The molecule has 0 fully saturated rings. The fraction of sp³-hybridized carbons (Fsp3) is 0.200. The van der Waals surface area contributed by atoms with Gasteiger partial charge in [-0.2, -0.15) is 0 Å². The van der Waals surface area contributed by atoms with Crippen molar-refractivity contribution in [3.8, 4) is 22.8 Å². The van der Waals surface area contributed by atoms with E-state index in [-0.39, 0.29) is 25.1 Å². The molecule has 0 unspecified atom stereocenters. The topological polar surface area (TPSA) is 63.7 Å². The summed E-state index contributed by atoms with van der Waals surface area (Å²) in [6.07, 6.45) is 0. The number of hydrogen-bond donors (Lipinski definition) is 1. The summed E-state index contributed by atoms with van der Waals surface area (Å²) >= 11 is 1.34. The molecule has 6 nitrogen and oxygen atoms in total. The molecule has 0 spiro atoms. The van der Waals surface area contributed by atoms with Crippen LogP contribution in [0.3, 0.4) is 0 Å². The third kappa shape index (κ3) is 4.29. The quantitative estimate of drug-likeness (QED) is 0.684. The second-order valence-corrected chi connectivity index (χ2v) is 7.31. The van der Waals surface area contributed by atoms with E-state index in [9.17, 15) is 9.18 Å². The van der Waals surface area contributed by atoms with E-state index in [2.05, 4.69) is 10.3 Å². The number of nitrogens with zero attached hydrogens (tertiary/aromatic N) is 2. The zero-order valence-corrected chi connectivity index (χ0v) is 16.0. The van der Waals surface area contributed by atoms with Crippen molar-refractivity contribution in [3.05, 3.63) is 59.2 Å². The summed E-state index contributed by atoms with van der Waals surface area (Å²) in [5.74, 6) is 1.03. The molecule has 1 N–H and O–H groups in total. The molecule has 0 saturated heterocycles. The van der Waals surface area contributed by atoms with Gasteiger partial charge < -0.3 is 14.8 Å². The number of amides is 1.